The molecule has 0 spiro atoms. The van der Waals surface area contributed by atoms with E-state index in [1.165, 1.54) is 16.7 Å². The van der Waals surface area contributed by atoms with E-state index in [2.05, 4.69) is 26.6 Å². The van der Waals surface area contributed by atoms with E-state index >= 15 is 4.39 Å². The number of amides is 1. The topological polar surface area (TPSA) is 105 Å². The Bertz CT molecular complexity index is 1560. The predicted molar refractivity (Wildman–Crippen MR) is 129 cm³/mol. The summed E-state index contributed by atoms with van der Waals surface area (Å²) in [6.07, 6.45) is 5.73. The molecule has 1 atom stereocenters. The van der Waals surface area contributed by atoms with Crippen molar-refractivity contribution in [3.8, 4) is 17.7 Å². The number of halogens is 2. The molecule has 1 N–H and O–H groups in total. The molecule has 1 unspecified atom stereocenters. The number of fused-ring (bicyclic) bond motifs is 2. The lowest BCUT2D eigenvalue weighted by atomic mass is 9.86. The van der Waals surface area contributed by atoms with Gasteiger partial charge in [-0.3, -0.25) is 9.20 Å². The van der Waals surface area contributed by atoms with E-state index in [4.69, 9.17) is 16.3 Å². The molecule has 0 bridgehead atoms. The summed E-state index contributed by atoms with van der Waals surface area (Å²) in [4.78, 5) is 17.7. The van der Waals surface area contributed by atoms with Gasteiger partial charge < -0.3 is 10.1 Å². The van der Waals surface area contributed by atoms with Crippen LogP contribution in [0.3, 0.4) is 0 Å². The maximum Gasteiger partial charge on any atom is 0.274 e. The second kappa shape index (κ2) is 8.88. The average molecular weight is 503 g/mol. The summed E-state index contributed by atoms with van der Waals surface area (Å²) in [6.45, 7) is 0. The minimum Gasteiger partial charge on any atom is -0.433 e. The fraction of sp³-hybridized carbons (Fsp3) is 0.269. The number of hydrogen-bond donors (Lipinski definition) is 1. The standard InChI is InChI=1S/C26H20ClFN6O2/c27-21-13-34-23(24(35)30-19-5-1-3-16-11-14(12-29)7-10-17(16)19)25(32-33-26(34)31-21)36-20-6-2-4-18(22(20)28)15-8-9-15/h2,4,6-7,10-11,13,15,19H,1,3,5,8-9H2,(H,30,35). The van der Waals surface area contributed by atoms with Crippen LogP contribution in [0.2, 0.25) is 5.15 Å². The first-order valence-corrected chi connectivity index (χ1v) is 12.1. The highest BCUT2D eigenvalue weighted by Crippen LogP contribution is 2.43. The molecule has 180 valence electrons. The van der Waals surface area contributed by atoms with Crippen molar-refractivity contribution in [2.45, 2.75) is 44.1 Å². The van der Waals surface area contributed by atoms with Crippen LogP contribution >= 0.6 is 11.6 Å². The van der Waals surface area contributed by atoms with Crippen LogP contribution in [0.1, 0.15) is 70.4 Å². The van der Waals surface area contributed by atoms with Gasteiger partial charge in [0.25, 0.3) is 17.6 Å². The SMILES string of the molecule is N#Cc1ccc2c(c1)CCCC2NC(=O)c1c(Oc2cccc(C3CC3)c2F)nnc2nc(Cl)cn12. The number of carbonyl (C=O) groups is 1. The number of nitrogens with one attached hydrogen (secondary N) is 1. The van der Waals surface area contributed by atoms with Gasteiger partial charge in [0.15, 0.2) is 17.3 Å². The number of hydrogen-bond acceptors (Lipinski definition) is 6. The van der Waals surface area contributed by atoms with E-state index in [0.717, 1.165) is 43.2 Å². The summed E-state index contributed by atoms with van der Waals surface area (Å²) in [6, 6.07) is 12.3. The van der Waals surface area contributed by atoms with Crippen molar-refractivity contribution in [3.63, 3.8) is 0 Å². The van der Waals surface area contributed by atoms with Crippen LogP contribution in [0.4, 0.5) is 4.39 Å². The summed E-state index contributed by atoms with van der Waals surface area (Å²) in [5, 5.41) is 20.5. The van der Waals surface area contributed by atoms with Crippen molar-refractivity contribution in [2.75, 3.05) is 0 Å². The highest BCUT2D eigenvalue weighted by Gasteiger charge is 2.30. The highest BCUT2D eigenvalue weighted by molar-refractivity contribution is 6.29. The van der Waals surface area contributed by atoms with E-state index in [0.29, 0.717) is 11.1 Å². The molecular weight excluding hydrogens is 483 g/mol. The second-order valence-corrected chi connectivity index (χ2v) is 9.45. The monoisotopic (exact) mass is 502 g/mol. The molecule has 8 nitrogen and oxygen atoms in total. The zero-order valence-electron chi connectivity index (χ0n) is 19.0. The van der Waals surface area contributed by atoms with Gasteiger partial charge in [-0.2, -0.15) is 10.2 Å². The summed E-state index contributed by atoms with van der Waals surface area (Å²) < 4.78 is 22.4. The number of imidazole rings is 1. The van der Waals surface area contributed by atoms with Crippen molar-refractivity contribution in [3.05, 3.63) is 81.5 Å². The normalized spacial score (nSPS) is 16.9. The summed E-state index contributed by atoms with van der Waals surface area (Å²) in [7, 11) is 0. The van der Waals surface area contributed by atoms with Crippen molar-refractivity contribution < 1.29 is 13.9 Å². The van der Waals surface area contributed by atoms with Gasteiger partial charge in [-0.15, -0.1) is 10.2 Å². The summed E-state index contributed by atoms with van der Waals surface area (Å²) in [5.41, 5.74) is 3.18. The lowest BCUT2D eigenvalue weighted by Gasteiger charge is -2.26. The molecule has 1 fully saturated rings. The maximum atomic E-state index is 15.2. The van der Waals surface area contributed by atoms with Gasteiger partial charge in [-0.25, -0.2) is 4.39 Å². The number of aryl methyl sites for hydroxylation is 1. The summed E-state index contributed by atoms with van der Waals surface area (Å²) in [5.74, 6) is -0.832. The number of ether oxygens (including phenoxy) is 1. The van der Waals surface area contributed by atoms with Gasteiger partial charge in [0, 0.05) is 0 Å². The van der Waals surface area contributed by atoms with E-state index in [1.54, 1.807) is 18.2 Å². The largest absolute Gasteiger partial charge is 0.433 e. The Hall–Kier alpha value is -4.03. The minimum atomic E-state index is -0.486. The zero-order valence-corrected chi connectivity index (χ0v) is 19.8. The molecule has 1 saturated carbocycles. The first-order valence-electron chi connectivity index (χ1n) is 11.7. The van der Waals surface area contributed by atoms with Crippen molar-refractivity contribution >= 4 is 23.3 Å². The van der Waals surface area contributed by atoms with Crippen LogP contribution < -0.4 is 10.1 Å². The van der Waals surface area contributed by atoms with Crippen LogP contribution in [0.25, 0.3) is 5.78 Å². The van der Waals surface area contributed by atoms with Crippen LogP contribution in [-0.4, -0.2) is 25.5 Å². The Balaban J connectivity index is 1.37. The average Bonchev–Trinajstić information content (AvgIpc) is 3.65. The van der Waals surface area contributed by atoms with E-state index in [1.807, 2.05) is 12.1 Å². The van der Waals surface area contributed by atoms with Crippen molar-refractivity contribution in [2.24, 2.45) is 0 Å². The van der Waals surface area contributed by atoms with Crippen LogP contribution in [-0.2, 0) is 6.42 Å². The Labute approximate surface area is 210 Å². The number of benzene rings is 2. The van der Waals surface area contributed by atoms with Gasteiger partial charge in [-0.1, -0.05) is 29.8 Å². The summed E-state index contributed by atoms with van der Waals surface area (Å²) >= 11 is 6.09. The Kier molecular flexibility index (Phi) is 5.53. The first-order chi connectivity index (χ1) is 17.5. The molecule has 6 rings (SSSR count). The Morgan fingerprint density at radius 1 is 1.19 bits per heavy atom. The molecule has 0 aliphatic heterocycles. The van der Waals surface area contributed by atoms with Gasteiger partial charge >= 0.3 is 0 Å². The number of aromatic nitrogens is 4. The lowest BCUT2D eigenvalue weighted by molar-refractivity contribution is 0.0922. The van der Waals surface area contributed by atoms with Gasteiger partial charge in [0.2, 0.25) is 0 Å². The van der Waals surface area contributed by atoms with E-state index in [-0.39, 0.29) is 40.2 Å². The quantitative estimate of drug-likeness (QED) is 0.399. The fourth-order valence-electron chi connectivity index (χ4n) is 4.77. The smallest absolute Gasteiger partial charge is 0.274 e. The molecule has 2 aliphatic carbocycles. The molecule has 0 saturated heterocycles. The first kappa shape index (κ1) is 22.4. The van der Waals surface area contributed by atoms with Gasteiger partial charge in [-0.05, 0) is 72.9 Å². The van der Waals surface area contributed by atoms with E-state index < -0.39 is 11.7 Å². The number of carbonyl (C=O) groups excluding carboxylic acids is 1. The molecular formula is C26H20ClFN6O2. The predicted octanol–water partition coefficient (Wildman–Crippen LogP) is 5.27. The molecule has 10 heteroatoms. The maximum absolute atomic E-state index is 15.2. The fourth-order valence-corrected chi connectivity index (χ4v) is 4.95. The molecule has 2 aromatic heterocycles. The molecule has 0 radical (unpaired) electrons. The minimum absolute atomic E-state index is 0.0105. The Morgan fingerprint density at radius 3 is 2.86 bits per heavy atom. The van der Waals surface area contributed by atoms with E-state index in [9.17, 15) is 10.1 Å². The number of rotatable bonds is 5. The van der Waals surface area contributed by atoms with Crippen LogP contribution in [0.5, 0.6) is 11.6 Å². The molecule has 1 amide bonds. The highest BCUT2D eigenvalue weighted by atomic mass is 35.5. The molecule has 2 aromatic carbocycles. The molecule has 4 aromatic rings. The third kappa shape index (κ3) is 4.03. The van der Waals surface area contributed by atoms with Gasteiger partial charge in [0.1, 0.15) is 5.15 Å². The van der Waals surface area contributed by atoms with Crippen molar-refractivity contribution in [1.29, 1.82) is 5.26 Å². The van der Waals surface area contributed by atoms with Crippen LogP contribution in [0, 0.1) is 17.1 Å². The third-order valence-corrected chi connectivity index (χ3v) is 6.84. The van der Waals surface area contributed by atoms with Crippen molar-refractivity contribution in [1.82, 2.24) is 24.9 Å². The van der Waals surface area contributed by atoms with Gasteiger partial charge in [0.05, 0.1) is 23.9 Å². The molecule has 36 heavy (non-hydrogen) atoms. The number of nitrogens with zero attached hydrogens (tertiary/aromatic N) is 5. The third-order valence-electron chi connectivity index (χ3n) is 6.66. The molecule has 2 heterocycles. The number of nitriles is 1. The lowest BCUT2D eigenvalue weighted by Crippen LogP contribution is -2.32. The van der Waals surface area contributed by atoms with Crippen LogP contribution in [0.15, 0.2) is 42.6 Å². The molecule has 2 aliphatic rings. The second-order valence-electron chi connectivity index (χ2n) is 9.07. The Morgan fingerprint density at radius 2 is 2.06 bits per heavy atom. The zero-order chi connectivity index (χ0) is 24.8.